The third-order valence-corrected chi connectivity index (χ3v) is 7.27. The third-order valence-electron chi connectivity index (χ3n) is 5.59. The van der Waals surface area contributed by atoms with Crippen LogP contribution < -0.4 is 14.4 Å². The van der Waals surface area contributed by atoms with E-state index in [2.05, 4.69) is 21.2 Å². The fraction of sp³-hybridized carbons (Fsp3) is 0.462. The van der Waals surface area contributed by atoms with Gasteiger partial charge >= 0.3 is 0 Å². The summed E-state index contributed by atoms with van der Waals surface area (Å²) in [6.07, 6.45) is 1.51. The van der Waals surface area contributed by atoms with Crippen LogP contribution >= 0.6 is 15.9 Å². The Hall–Kier alpha value is -2.59. The molecule has 0 radical (unpaired) electrons. The van der Waals surface area contributed by atoms with E-state index in [0.717, 1.165) is 16.3 Å². The summed E-state index contributed by atoms with van der Waals surface area (Å²) >= 11 is 3.45. The summed E-state index contributed by atoms with van der Waals surface area (Å²) in [4.78, 5) is 27.7. The minimum absolute atomic E-state index is 0.0891. The van der Waals surface area contributed by atoms with Gasteiger partial charge in [0.15, 0.2) is 0 Å². The molecular formula is C26H36BrN3O5S. The first kappa shape index (κ1) is 29.6. The Morgan fingerprint density at radius 2 is 1.78 bits per heavy atom. The van der Waals surface area contributed by atoms with Crippen LogP contribution in [-0.2, 0) is 26.2 Å². The number of anilines is 1. The van der Waals surface area contributed by atoms with E-state index in [9.17, 15) is 18.0 Å². The first-order valence-electron chi connectivity index (χ1n) is 11.9. The van der Waals surface area contributed by atoms with Gasteiger partial charge in [0.05, 0.1) is 19.1 Å². The van der Waals surface area contributed by atoms with Gasteiger partial charge in [-0.2, -0.15) is 0 Å². The molecule has 36 heavy (non-hydrogen) atoms. The zero-order valence-electron chi connectivity index (χ0n) is 21.5. The van der Waals surface area contributed by atoms with Crippen LogP contribution in [-0.4, -0.2) is 57.6 Å². The number of nitrogens with zero attached hydrogens (tertiary/aromatic N) is 2. The topological polar surface area (TPSA) is 96.0 Å². The molecule has 8 nitrogen and oxygen atoms in total. The molecule has 1 atom stereocenters. The Morgan fingerprint density at radius 1 is 1.08 bits per heavy atom. The molecule has 2 rings (SSSR count). The van der Waals surface area contributed by atoms with Crippen molar-refractivity contribution in [1.29, 1.82) is 0 Å². The lowest BCUT2D eigenvalue weighted by Gasteiger charge is -2.29. The predicted octanol–water partition coefficient (Wildman–Crippen LogP) is 4.19. The van der Waals surface area contributed by atoms with Crippen LogP contribution in [0.25, 0.3) is 0 Å². The Balaban J connectivity index is 2.17. The Labute approximate surface area is 223 Å². The quantitative estimate of drug-likeness (QED) is 0.382. The molecule has 0 unspecified atom stereocenters. The van der Waals surface area contributed by atoms with Gasteiger partial charge in [-0.05, 0) is 49.1 Å². The lowest BCUT2D eigenvalue weighted by molar-refractivity contribution is -0.140. The molecule has 2 amide bonds. The second-order valence-corrected chi connectivity index (χ2v) is 11.9. The lowest BCUT2D eigenvalue weighted by Crippen LogP contribution is -2.48. The van der Waals surface area contributed by atoms with E-state index in [1.54, 1.807) is 36.1 Å². The van der Waals surface area contributed by atoms with Crippen LogP contribution in [0.15, 0.2) is 53.0 Å². The van der Waals surface area contributed by atoms with Crippen molar-refractivity contribution in [3.63, 3.8) is 0 Å². The highest BCUT2D eigenvalue weighted by molar-refractivity contribution is 9.10. The van der Waals surface area contributed by atoms with Crippen molar-refractivity contribution in [2.75, 3.05) is 30.8 Å². The minimum Gasteiger partial charge on any atom is -0.497 e. The summed E-state index contributed by atoms with van der Waals surface area (Å²) in [6, 6.07) is 13.7. The lowest BCUT2D eigenvalue weighted by atomic mass is 10.1. The molecule has 0 saturated heterocycles. The van der Waals surface area contributed by atoms with Crippen molar-refractivity contribution in [2.24, 2.45) is 5.92 Å². The molecule has 0 aliphatic carbocycles. The molecule has 0 saturated carbocycles. The molecule has 198 valence electrons. The number of halogens is 1. The van der Waals surface area contributed by atoms with Crippen LogP contribution in [0.4, 0.5) is 5.69 Å². The standard InChI is InChI=1S/C26H36BrN3O5S/c1-19(2)17-28-26(32)20(3)29(18-21-9-6-10-22(27)15-21)25(31)13-8-14-30(36(5,33)34)23-11-7-12-24(16-23)35-4/h6-7,9-12,15-16,19-20H,8,13-14,17-18H2,1-5H3,(H,28,32)/t20-/m0/s1. The molecule has 2 aromatic rings. The van der Waals surface area contributed by atoms with Gasteiger partial charge in [0.25, 0.3) is 0 Å². The van der Waals surface area contributed by atoms with Gasteiger partial charge < -0.3 is 15.0 Å². The number of benzene rings is 2. The first-order valence-corrected chi connectivity index (χ1v) is 14.5. The maximum absolute atomic E-state index is 13.3. The van der Waals surface area contributed by atoms with Gasteiger partial charge in [0.1, 0.15) is 11.8 Å². The number of methoxy groups -OCH3 is 1. The Kier molecular flexibility index (Phi) is 11.2. The summed E-state index contributed by atoms with van der Waals surface area (Å²) < 4.78 is 32.3. The number of ether oxygens (including phenoxy) is 1. The van der Waals surface area contributed by atoms with Gasteiger partial charge in [0.2, 0.25) is 21.8 Å². The largest absolute Gasteiger partial charge is 0.497 e. The average molecular weight is 583 g/mol. The summed E-state index contributed by atoms with van der Waals surface area (Å²) in [7, 11) is -2.06. The SMILES string of the molecule is COc1cccc(N(CCCC(=O)N(Cc2cccc(Br)c2)[C@@H](C)C(=O)NCC(C)C)S(C)(=O)=O)c1. The van der Waals surface area contributed by atoms with Gasteiger partial charge in [-0.15, -0.1) is 0 Å². The van der Waals surface area contributed by atoms with Crippen molar-refractivity contribution in [1.82, 2.24) is 10.2 Å². The number of rotatable bonds is 13. The smallest absolute Gasteiger partial charge is 0.242 e. The second-order valence-electron chi connectivity index (χ2n) is 9.11. The molecule has 2 aromatic carbocycles. The van der Waals surface area contributed by atoms with Crippen LogP contribution in [0.3, 0.4) is 0 Å². The number of amides is 2. The average Bonchev–Trinajstić information content (AvgIpc) is 2.82. The highest BCUT2D eigenvalue weighted by Gasteiger charge is 2.27. The molecule has 0 spiro atoms. The van der Waals surface area contributed by atoms with E-state index in [1.165, 1.54) is 11.4 Å². The number of hydrogen-bond acceptors (Lipinski definition) is 5. The maximum atomic E-state index is 13.3. The Bertz CT molecular complexity index is 1140. The van der Waals surface area contributed by atoms with Gasteiger partial charge in [-0.1, -0.05) is 48.0 Å². The first-order chi connectivity index (χ1) is 16.9. The van der Waals surface area contributed by atoms with Gasteiger partial charge in [-0.3, -0.25) is 13.9 Å². The van der Waals surface area contributed by atoms with Crippen LogP contribution in [0.2, 0.25) is 0 Å². The summed E-state index contributed by atoms with van der Waals surface area (Å²) in [5, 5.41) is 2.90. The fourth-order valence-electron chi connectivity index (χ4n) is 3.64. The molecule has 1 N–H and O–H groups in total. The monoisotopic (exact) mass is 581 g/mol. The molecule has 0 heterocycles. The number of nitrogens with one attached hydrogen (secondary N) is 1. The molecule has 0 fully saturated rings. The van der Waals surface area contributed by atoms with E-state index in [1.807, 2.05) is 38.1 Å². The van der Waals surface area contributed by atoms with E-state index in [4.69, 9.17) is 4.74 Å². The highest BCUT2D eigenvalue weighted by atomic mass is 79.9. The third kappa shape index (κ3) is 9.13. The zero-order valence-corrected chi connectivity index (χ0v) is 23.9. The molecule has 0 aromatic heterocycles. The molecule has 0 aliphatic rings. The second kappa shape index (κ2) is 13.6. The molecular weight excluding hydrogens is 546 g/mol. The maximum Gasteiger partial charge on any atom is 0.242 e. The van der Waals surface area contributed by atoms with E-state index >= 15 is 0 Å². The van der Waals surface area contributed by atoms with Crippen molar-refractivity contribution in [3.05, 3.63) is 58.6 Å². The van der Waals surface area contributed by atoms with Crippen molar-refractivity contribution in [3.8, 4) is 5.75 Å². The van der Waals surface area contributed by atoms with E-state index < -0.39 is 16.1 Å². The van der Waals surface area contributed by atoms with Crippen LogP contribution in [0.1, 0.15) is 39.2 Å². The Morgan fingerprint density at radius 3 is 2.39 bits per heavy atom. The van der Waals surface area contributed by atoms with Crippen molar-refractivity contribution in [2.45, 2.75) is 46.2 Å². The van der Waals surface area contributed by atoms with Crippen LogP contribution in [0.5, 0.6) is 5.75 Å². The summed E-state index contributed by atoms with van der Waals surface area (Å²) in [5.74, 6) is 0.384. The van der Waals surface area contributed by atoms with Gasteiger partial charge in [0, 0.05) is 36.6 Å². The number of carbonyl (C=O) groups excluding carboxylic acids is 2. The number of hydrogen-bond donors (Lipinski definition) is 1. The molecule has 0 bridgehead atoms. The fourth-order valence-corrected chi connectivity index (χ4v) is 5.04. The summed E-state index contributed by atoms with van der Waals surface area (Å²) in [6.45, 7) is 6.63. The van der Waals surface area contributed by atoms with E-state index in [-0.39, 0.29) is 37.2 Å². The highest BCUT2D eigenvalue weighted by Crippen LogP contribution is 2.24. The number of sulfonamides is 1. The number of carbonyl (C=O) groups is 2. The molecule has 0 aliphatic heterocycles. The van der Waals surface area contributed by atoms with Crippen molar-refractivity contribution < 1.29 is 22.7 Å². The summed E-state index contributed by atoms with van der Waals surface area (Å²) in [5.41, 5.74) is 1.35. The van der Waals surface area contributed by atoms with E-state index in [0.29, 0.717) is 24.4 Å². The minimum atomic E-state index is -3.58. The predicted molar refractivity (Wildman–Crippen MR) is 146 cm³/mol. The van der Waals surface area contributed by atoms with Crippen molar-refractivity contribution >= 4 is 43.5 Å². The van der Waals surface area contributed by atoms with Crippen LogP contribution in [0, 0.1) is 5.92 Å². The van der Waals surface area contributed by atoms with Gasteiger partial charge in [-0.25, -0.2) is 8.42 Å². The normalized spacial score (nSPS) is 12.2. The zero-order chi connectivity index (χ0) is 26.9. The molecule has 10 heteroatoms.